The molecule has 1 aliphatic heterocycles. The van der Waals surface area contributed by atoms with Gasteiger partial charge in [0, 0.05) is 26.7 Å². The van der Waals surface area contributed by atoms with E-state index in [4.69, 9.17) is 4.74 Å². The zero-order valence-corrected chi connectivity index (χ0v) is 8.62. The van der Waals surface area contributed by atoms with E-state index in [0.717, 1.165) is 19.6 Å². The summed E-state index contributed by atoms with van der Waals surface area (Å²) in [6, 6.07) is 0.0127. The SMILES string of the molecule is COCC(=O)C1CN(C)CCN1C. The molecule has 4 heteroatoms. The first-order valence-electron chi connectivity index (χ1n) is 4.55. The van der Waals surface area contributed by atoms with Crippen LogP contribution in [0.5, 0.6) is 0 Å². The largest absolute Gasteiger partial charge is 0.377 e. The molecule has 0 amide bonds. The van der Waals surface area contributed by atoms with Gasteiger partial charge in [0.2, 0.25) is 0 Å². The van der Waals surface area contributed by atoms with Crippen LogP contribution in [0.25, 0.3) is 0 Å². The summed E-state index contributed by atoms with van der Waals surface area (Å²) >= 11 is 0. The summed E-state index contributed by atoms with van der Waals surface area (Å²) < 4.78 is 4.85. The fourth-order valence-electron chi connectivity index (χ4n) is 1.60. The maximum absolute atomic E-state index is 11.6. The summed E-state index contributed by atoms with van der Waals surface area (Å²) in [5, 5.41) is 0. The first-order chi connectivity index (χ1) is 6.15. The summed E-state index contributed by atoms with van der Waals surface area (Å²) in [7, 11) is 5.59. The minimum Gasteiger partial charge on any atom is -0.377 e. The van der Waals surface area contributed by atoms with Gasteiger partial charge >= 0.3 is 0 Å². The number of hydrogen-bond donors (Lipinski definition) is 0. The van der Waals surface area contributed by atoms with Crippen molar-refractivity contribution >= 4 is 5.78 Å². The minimum absolute atomic E-state index is 0.0127. The van der Waals surface area contributed by atoms with Gasteiger partial charge in [0.1, 0.15) is 6.61 Å². The van der Waals surface area contributed by atoms with E-state index in [9.17, 15) is 4.79 Å². The van der Waals surface area contributed by atoms with E-state index in [1.165, 1.54) is 0 Å². The molecule has 0 radical (unpaired) electrons. The van der Waals surface area contributed by atoms with Crippen molar-refractivity contribution in [2.45, 2.75) is 6.04 Å². The van der Waals surface area contributed by atoms with Crippen molar-refractivity contribution < 1.29 is 9.53 Å². The summed E-state index contributed by atoms with van der Waals surface area (Å²) in [6.45, 7) is 3.03. The maximum atomic E-state index is 11.6. The second-order valence-corrected chi connectivity index (χ2v) is 3.66. The topological polar surface area (TPSA) is 32.8 Å². The Morgan fingerprint density at radius 1 is 1.46 bits per heavy atom. The fraction of sp³-hybridized carbons (Fsp3) is 0.889. The monoisotopic (exact) mass is 186 g/mol. The Labute approximate surface area is 79.4 Å². The van der Waals surface area contributed by atoms with E-state index >= 15 is 0 Å². The van der Waals surface area contributed by atoms with Crippen LogP contribution in [-0.4, -0.2) is 69.1 Å². The lowest BCUT2D eigenvalue weighted by Gasteiger charge is -2.36. The number of carbonyl (C=O) groups is 1. The average Bonchev–Trinajstić information content (AvgIpc) is 2.09. The van der Waals surface area contributed by atoms with Crippen LogP contribution in [0.4, 0.5) is 0 Å². The third kappa shape index (κ3) is 2.76. The summed E-state index contributed by atoms with van der Waals surface area (Å²) in [6.07, 6.45) is 0. The Balaban J connectivity index is 2.50. The number of carbonyl (C=O) groups excluding carboxylic acids is 1. The second kappa shape index (κ2) is 4.69. The second-order valence-electron chi connectivity index (χ2n) is 3.66. The van der Waals surface area contributed by atoms with E-state index < -0.39 is 0 Å². The molecule has 0 saturated carbocycles. The van der Waals surface area contributed by atoms with Crippen LogP contribution in [0, 0.1) is 0 Å². The van der Waals surface area contributed by atoms with E-state index in [1.807, 2.05) is 14.1 Å². The molecular weight excluding hydrogens is 168 g/mol. The van der Waals surface area contributed by atoms with Gasteiger partial charge in [-0.2, -0.15) is 0 Å². The van der Waals surface area contributed by atoms with Crippen molar-refractivity contribution in [3.63, 3.8) is 0 Å². The predicted octanol–water partition coefficient (Wildman–Crippen LogP) is -0.552. The molecule has 1 unspecified atom stereocenters. The highest BCUT2D eigenvalue weighted by atomic mass is 16.5. The number of nitrogens with zero attached hydrogens (tertiary/aromatic N) is 2. The lowest BCUT2D eigenvalue weighted by Crippen LogP contribution is -2.54. The normalized spacial score (nSPS) is 26.2. The molecule has 1 fully saturated rings. The van der Waals surface area contributed by atoms with Crippen LogP contribution in [0.3, 0.4) is 0 Å². The quantitative estimate of drug-likeness (QED) is 0.592. The molecule has 1 saturated heterocycles. The number of rotatable bonds is 3. The maximum Gasteiger partial charge on any atom is 0.176 e. The number of ether oxygens (including phenoxy) is 1. The third-order valence-electron chi connectivity index (χ3n) is 2.51. The van der Waals surface area contributed by atoms with Gasteiger partial charge < -0.3 is 9.64 Å². The van der Waals surface area contributed by atoms with Crippen molar-refractivity contribution in [2.24, 2.45) is 0 Å². The van der Waals surface area contributed by atoms with E-state index in [-0.39, 0.29) is 18.4 Å². The fourth-order valence-corrected chi connectivity index (χ4v) is 1.60. The zero-order valence-electron chi connectivity index (χ0n) is 8.62. The molecule has 4 nitrogen and oxygen atoms in total. The molecule has 76 valence electrons. The lowest BCUT2D eigenvalue weighted by atomic mass is 10.1. The Kier molecular flexibility index (Phi) is 3.84. The van der Waals surface area contributed by atoms with Crippen LogP contribution in [-0.2, 0) is 9.53 Å². The first kappa shape index (κ1) is 10.6. The first-order valence-corrected chi connectivity index (χ1v) is 4.55. The predicted molar refractivity (Wildman–Crippen MR) is 50.8 cm³/mol. The zero-order chi connectivity index (χ0) is 9.84. The van der Waals surface area contributed by atoms with Gasteiger partial charge in [-0.15, -0.1) is 0 Å². The summed E-state index contributed by atoms with van der Waals surface area (Å²) in [5.41, 5.74) is 0. The Bertz CT molecular complexity index is 184. The van der Waals surface area contributed by atoms with Gasteiger partial charge in [-0.3, -0.25) is 9.69 Å². The van der Waals surface area contributed by atoms with Crippen LogP contribution in [0.1, 0.15) is 0 Å². The van der Waals surface area contributed by atoms with Crippen molar-refractivity contribution in [3.8, 4) is 0 Å². The van der Waals surface area contributed by atoms with Gasteiger partial charge in [0.25, 0.3) is 0 Å². The van der Waals surface area contributed by atoms with Gasteiger partial charge in [0.05, 0.1) is 6.04 Å². The molecule has 0 aliphatic carbocycles. The van der Waals surface area contributed by atoms with Crippen molar-refractivity contribution in [1.82, 2.24) is 9.80 Å². The third-order valence-corrected chi connectivity index (χ3v) is 2.51. The molecular formula is C9H18N2O2. The van der Waals surface area contributed by atoms with Crippen molar-refractivity contribution in [1.29, 1.82) is 0 Å². The van der Waals surface area contributed by atoms with Gasteiger partial charge in [-0.1, -0.05) is 0 Å². The molecule has 1 rings (SSSR count). The molecule has 1 aliphatic rings. The highest BCUT2D eigenvalue weighted by molar-refractivity contribution is 5.85. The Morgan fingerprint density at radius 2 is 2.15 bits per heavy atom. The molecule has 1 atom stereocenters. The highest BCUT2D eigenvalue weighted by Gasteiger charge is 2.27. The van der Waals surface area contributed by atoms with E-state index in [2.05, 4.69) is 9.80 Å². The van der Waals surface area contributed by atoms with Crippen molar-refractivity contribution in [2.75, 3.05) is 47.4 Å². The minimum atomic E-state index is 0.0127. The Morgan fingerprint density at radius 3 is 2.77 bits per heavy atom. The van der Waals surface area contributed by atoms with Gasteiger partial charge in [-0.05, 0) is 14.1 Å². The average molecular weight is 186 g/mol. The number of hydrogen-bond acceptors (Lipinski definition) is 4. The molecule has 0 aromatic carbocycles. The number of ketones is 1. The van der Waals surface area contributed by atoms with Crippen LogP contribution >= 0.6 is 0 Å². The van der Waals surface area contributed by atoms with Crippen LogP contribution < -0.4 is 0 Å². The molecule has 0 spiro atoms. The molecule has 13 heavy (non-hydrogen) atoms. The molecule has 1 heterocycles. The molecule has 0 aromatic heterocycles. The molecule has 0 aromatic rings. The van der Waals surface area contributed by atoms with Crippen LogP contribution in [0.15, 0.2) is 0 Å². The van der Waals surface area contributed by atoms with Crippen LogP contribution in [0.2, 0.25) is 0 Å². The summed E-state index contributed by atoms with van der Waals surface area (Å²) in [4.78, 5) is 15.8. The number of piperazine rings is 1. The number of methoxy groups -OCH3 is 1. The highest BCUT2D eigenvalue weighted by Crippen LogP contribution is 2.06. The number of likely N-dealkylation sites (N-methyl/N-ethyl adjacent to an activating group) is 2. The van der Waals surface area contributed by atoms with Gasteiger partial charge in [-0.25, -0.2) is 0 Å². The Hall–Kier alpha value is -0.450. The molecule has 0 N–H and O–H groups in total. The van der Waals surface area contributed by atoms with E-state index in [1.54, 1.807) is 7.11 Å². The lowest BCUT2D eigenvalue weighted by molar-refractivity contribution is -0.129. The van der Waals surface area contributed by atoms with Crippen molar-refractivity contribution in [3.05, 3.63) is 0 Å². The smallest absolute Gasteiger partial charge is 0.176 e. The standard InChI is InChI=1S/C9H18N2O2/c1-10-4-5-11(2)8(6-10)9(12)7-13-3/h8H,4-7H2,1-3H3. The summed E-state index contributed by atoms with van der Waals surface area (Å²) in [5.74, 6) is 0.177. The molecule has 0 bridgehead atoms. The van der Waals surface area contributed by atoms with E-state index in [0.29, 0.717) is 0 Å². The number of Topliss-reactive ketones (excluding diaryl/α,β-unsaturated/α-hetero) is 1. The van der Waals surface area contributed by atoms with Gasteiger partial charge in [0.15, 0.2) is 5.78 Å².